The molecule has 0 radical (unpaired) electrons. The van der Waals surface area contributed by atoms with Crippen LogP contribution >= 0.6 is 0 Å². The predicted molar refractivity (Wildman–Crippen MR) is 335 cm³/mol. The smallest absolute Gasteiger partial charge is 0.245 e. The molecule has 0 spiro atoms. The van der Waals surface area contributed by atoms with Crippen molar-refractivity contribution < 1.29 is 37.9 Å². The van der Waals surface area contributed by atoms with Crippen LogP contribution in [-0.4, -0.2) is 117 Å². The number of hydrogen-bond donors (Lipinski definition) is 7. The summed E-state index contributed by atoms with van der Waals surface area (Å²) in [7, 11) is 1.63. The molecule has 20 heteroatoms. The SMILES string of the molecule is CN(CCOCCNC(=O)CCC12c3cc(NC(=O)CCCCCCCN)ccc3C(c3ccc(NC(=O)CCCCCCCN)cc31)c1ccc(NC(=O)CCCCCCCN)cc12)C(=O)[C@@H]1C[C@H](N=[N+]=[N-])CN1C(=O)CCc1ccc(F)cc1. The van der Waals surface area contributed by atoms with Gasteiger partial charge in [0.25, 0.3) is 0 Å². The van der Waals surface area contributed by atoms with Crippen LogP contribution < -0.4 is 38.5 Å². The van der Waals surface area contributed by atoms with Gasteiger partial charge in [0, 0.05) is 92.1 Å². The molecule has 4 aliphatic rings. The fourth-order valence-electron chi connectivity index (χ4n) is 12.5. The minimum Gasteiger partial charge on any atom is -0.378 e. The van der Waals surface area contributed by atoms with Gasteiger partial charge in [-0.3, -0.25) is 28.8 Å². The zero-order valence-electron chi connectivity index (χ0n) is 50.4. The summed E-state index contributed by atoms with van der Waals surface area (Å²) in [5.74, 6) is -1.66. The van der Waals surface area contributed by atoms with Gasteiger partial charge in [-0.15, -0.1) is 0 Å². The maximum atomic E-state index is 14.3. The maximum Gasteiger partial charge on any atom is 0.245 e. The molecule has 8 rings (SSSR count). The monoisotopic (exact) mass is 1180 g/mol. The van der Waals surface area contributed by atoms with Gasteiger partial charge in [-0.25, -0.2) is 4.39 Å². The number of amides is 6. The first-order valence-electron chi connectivity index (χ1n) is 31.4. The summed E-state index contributed by atoms with van der Waals surface area (Å²) in [6.07, 6.45) is 16.2. The molecule has 2 bridgehead atoms. The molecule has 1 heterocycles. The Bertz CT molecular complexity index is 2770. The highest BCUT2D eigenvalue weighted by Gasteiger charge is 2.52. The first-order chi connectivity index (χ1) is 41.8. The number of unbranched alkanes of at least 4 members (excludes halogenated alkanes) is 12. The molecule has 464 valence electrons. The molecule has 3 aliphatic carbocycles. The number of benzene rings is 4. The van der Waals surface area contributed by atoms with Crippen LogP contribution in [0.1, 0.15) is 186 Å². The first kappa shape index (κ1) is 66.3. The van der Waals surface area contributed by atoms with Crippen molar-refractivity contribution in [1.29, 1.82) is 0 Å². The summed E-state index contributed by atoms with van der Waals surface area (Å²) < 4.78 is 19.4. The predicted octanol–water partition coefficient (Wildman–Crippen LogP) is 9.96. The van der Waals surface area contributed by atoms with E-state index in [9.17, 15) is 33.2 Å². The van der Waals surface area contributed by atoms with Crippen LogP contribution in [-0.2, 0) is 45.3 Å². The van der Waals surface area contributed by atoms with E-state index in [1.54, 1.807) is 19.2 Å². The highest BCUT2D eigenvalue weighted by Crippen LogP contribution is 2.62. The first-order valence-corrected chi connectivity index (χ1v) is 31.4. The normalized spacial score (nSPS) is 17.0. The molecule has 6 amide bonds. The van der Waals surface area contributed by atoms with E-state index in [1.165, 1.54) is 21.9 Å². The number of nitrogens with two attached hydrogens (primary N) is 3. The van der Waals surface area contributed by atoms with Gasteiger partial charge >= 0.3 is 0 Å². The average Bonchev–Trinajstić information content (AvgIpc) is 0.745. The number of aryl methyl sites for hydroxylation is 1. The molecule has 2 atom stereocenters. The van der Waals surface area contributed by atoms with Crippen molar-refractivity contribution in [2.45, 2.75) is 171 Å². The topological polar surface area (TPSA) is 293 Å². The van der Waals surface area contributed by atoms with Crippen molar-refractivity contribution in [3.05, 3.63) is 134 Å². The molecule has 19 nitrogen and oxygen atoms in total. The zero-order chi connectivity index (χ0) is 61.3. The van der Waals surface area contributed by atoms with Crippen molar-refractivity contribution in [1.82, 2.24) is 15.1 Å². The number of anilines is 3. The van der Waals surface area contributed by atoms with Crippen LogP contribution in [0.15, 0.2) is 84.0 Å². The van der Waals surface area contributed by atoms with E-state index in [0.29, 0.717) is 68.8 Å². The molecule has 1 saturated heterocycles. The van der Waals surface area contributed by atoms with Crippen molar-refractivity contribution in [2.75, 3.05) is 75.5 Å². The van der Waals surface area contributed by atoms with Gasteiger partial charge < -0.3 is 53.0 Å². The van der Waals surface area contributed by atoms with E-state index in [-0.39, 0.29) is 99.3 Å². The van der Waals surface area contributed by atoms with Crippen LogP contribution in [0.4, 0.5) is 21.5 Å². The third-order valence-electron chi connectivity index (χ3n) is 17.0. The molecule has 4 aromatic rings. The molecule has 0 saturated carbocycles. The fraction of sp³-hybridized carbons (Fsp3) is 0.545. The van der Waals surface area contributed by atoms with Gasteiger partial charge in [0.05, 0.1) is 19.3 Å². The van der Waals surface area contributed by atoms with E-state index in [2.05, 4.69) is 49.5 Å². The number of rotatable bonds is 38. The number of azide groups is 1. The Labute approximate surface area is 506 Å². The number of likely N-dealkylation sites (tertiary alicyclic amines) is 1. The summed E-state index contributed by atoms with van der Waals surface area (Å²) in [6, 6.07) is 22.8. The van der Waals surface area contributed by atoms with E-state index in [1.807, 2.05) is 36.4 Å². The number of nitrogens with zero attached hydrogens (tertiary/aromatic N) is 5. The van der Waals surface area contributed by atoms with Crippen LogP contribution in [0, 0.1) is 5.82 Å². The number of likely N-dealkylation sites (N-methyl/N-ethyl adjacent to an activating group) is 1. The highest BCUT2D eigenvalue weighted by atomic mass is 19.1. The fourth-order valence-corrected chi connectivity index (χ4v) is 12.5. The van der Waals surface area contributed by atoms with Crippen LogP contribution in [0.25, 0.3) is 10.4 Å². The third-order valence-corrected chi connectivity index (χ3v) is 17.0. The van der Waals surface area contributed by atoms with Crippen molar-refractivity contribution >= 4 is 52.5 Å². The van der Waals surface area contributed by atoms with Crippen molar-refractivity contribution in [3.8, 4) is 0 Å². The number of carbonyl (C=O) groups is 6. The van der Waals surface area contributed by atoms with Crippen LogP contribution in [0.2, 0.25) is 0 Å². The molecule has 86 heavy (non-hydrogen) atoms. The Hall–Kier alpha value is -7.22. The second-order valence-electron chi connectivity index (χ2n) is 23.3. The summed E-state index contributed by atoms with van der Waals surface area (Å²) in [6.45, 7) is 2.74. The number of nitrogens with one attached hydrogen (secondary N) is 4. The number of ether oxygens (including phenoxy) is 1. The lowest BCUT2D eigenvalue weighted by atomic mass is 9.51. The number of halogens is 1. The number of carbonyl (C=O) groups excluding carboxylic acids is 6. The second kappa shape index (κ2) is 34.2. The van der Waals surface area contributed by atoms with Crippen molar-refractivity contribution in [2.24, 2.45) is 22.3 Å². The van der Waals surface area contributed by atoms with Gasteiger partial charge in [0.2, 0.25) is 35.4 Å². The Kier molecular flexibility index (Phi) is 26.4. The van der Waals surface area contributed by atoms with E-state index in [4.69, 9.17) is 27.5 Å². The molecule has 10 N–H and O–H groups in total. The Morgan fingerprint density at radius 1 is 0.628 bits per heavy atom. The van der Waals surface area contributed by atoms with Gasteiger partial charge in [-0.05, 0) is 170 Å². The van der Waals surface area contributed by atoms with Gasteiger partial charge in [-0.2, -0.15) is 0 Å². The molecule has 0 unspecified atom stereocenters. The standard InChI is InChI=1S/C66H91FN12O7/c1-78(65(85)58-44-51(76-77-71)45-79(58)63(84)31-22-46-20-23-47(67)24-21-46)38-40-86-39-37-72-59(80)32-33-66-55-41-48(73-60(81)17-11-5-2-8-14-34-68)25-28-52(55)64(53-29-26-49(42-56(53)66)74-61(82)18-12-6-3-9-15-35-69)54-30-27-50(43-57(54)66)75-62(83)19-13-7-4-10-16-36-70/h20-21,23-30,41-43,51,58,64H,2-19,22,31-40,44-45,68-70H2,1H3,(H,72,80)(H,73,81)(H,74,82)(H,75,83)/t51-,58-,64?,66?/m0/s1. The second-order valence-corrected chi connectivity index (χ2v) is 23.3. The van der Waals surface area contributed by atoms with Crippen LogP contribution in [0.5, 0.6) is 0 Å². The highest BCUT2D eigenvalue weighted by molar-refractivity contribution is 5.94. The molecular weight excluding hydrogens is 1090 g/mol. The molecule has 4 aromatic carbocycles. The summed E-state index contributed by atoms with van der Waals surface area (Å²) in [5.41, 5.74) is 33.9. The Morgan fingerprint density at radius 3 is 1.56 bits per heavy atom. The lowest BCUT2D eigenvalue weighted by molar-refractivity contribution is -0.143. The lowest BCUT2D eigenvalue weighted by Gasteiger charge is -2.51. The van der Waals surface area contributed by atoms with Gasteiger partial charge in [0.1, 0.15) is 11.9 Å². The van der Waals surface area contributed by atoms with Gasteiger partial charge in [0.15, 0.2) is 0 Å². The van der Waals surface area contributed by atoms with E-state index >= 15 is 0 Å². The Balaban J connectivity index is 1.08. The summed E-state index contributed by atoms with van der Waals surface area (Å²) in [4.78, 5) is 88.2. The largest absolute Gasteiger partial charge is 0.378 e. The molecule has 0 aromatic heterocycles. The zero-order valence-corrected chi connectivity index (χ0v) is 50.4. The Morgan fingerprint density at radius 2 is 1.09 bits per heavy atom. The minimum atomic E-state index is -0.986. The van der Waals surface area contributed by atoms with E-state index in [0.717, 1.165) is 135 Å². The minimum absolute atomic E-state index is 0.0693. The number of hydrogen-bond acceptors (Lipinski definition) is 11. The summed E-state index contributed by atoms with van der Waals surface area (Å²) in [5, 5.41) is 16.4. The van der Waals surface area contributed by atoms with E-state index < -0.39 is 17.5 Å². The maximum absolute atomic E-state index is 14.3. The average molecular weight is 1180 g/mol. The third kappa shape index (κ3) is 18.4. The van der Waals surface area contributed by atoms with Gasteiger partial charge in [-0.1, -0.05) is 93.2 Å². The van der Waals surface area contributed by atoms with Crippen LogP contribution in [0.3, 0.4) is 0 Å². The quantitative estimate of drug-likeness (QED) is 0.00964. The molecule has 1 aliphatic heterocycles. The van der Waals surface area contributed by atoms with Crippen molar-refractivity contribution in [3.63, 3.8) is 0 Å². The molecule has 1 fully saturated rings. The summed E-state index contributed by atoms with van der Waals surface area (Å²) >= 11 is 0. The molecular formula is C66H91FN12O7. The lowest BCUT2D eigenvalue weighted by Crippen LogP contribution is -2.47.